The minimum absolute atomic E-state index is 0.254. The summed E-state index contributed by atoms with van der Waals surface area (Å²) in [5.41, 5.74) is 14.7. The van der Waals surface area contributed by atoms with Crippen molar-refractivity contribution in [3.63, 3.8) is 0 Å². The van der Waals surface area contributed by atoms with Crippen LogP contribution < -0.4 is 19.6 Å². The summed E-state index contributed by atoms with van der Waals surface area (Å²) in [4.78, 5) is 9.80. The van der Waals surface area contributed by atoms with Gasteiger partial charge in [0.15, 0.2) is 0 Å². The molecule has 0 saturated carbocycles. The molecule has 0 heterocycles. The Morgan fingerprint density at radius 1 is 0.417 bits per heavy atom. The molecule has 60 heavy (non-hydrogen) atoms. The number of para-hydroxylation sites is 4. The second-order valence-electron chi connectivity index (χ2n) is 16.2. The third-order valence-corrected chi connectivity index (χ3v) is 11.9. The van der Waals surface area contributed by atoms with Gasteiger partial charge in [-0.25, -0.2) is 0 Å². The van der Waals surface area contributed by atoms with Crippen molar-refractivity contribution in [1.29, 1.82) is 0 Å². The van der Waals surface area contributed by atoms with Gasteiger partial charge in [0, 0.05) is 74.2 Å². The van der Waals surface area contributed by atoms with Crippen molar-refractivity contribution in [3.8, 4) is 0 Å². The predicted octanol–water partition coefficient (Wildman–Crippen LogP) is 15.1. The quantitative estimate of drug-likeness (QED) is 0.125. The molecule has 0 N–H and O–H groups in total. The van der Waals surface area contributed by atoms with Crippen LogP contribution in [0, 0.1) is 11.8 Å². The first kappa shape index (κ1) is 38.7. The van der Waals surface area contributed by atoms with Crippen LogP contribution in [0.5, 0.6) is 0 Å². The summed E-state index contributed by atoms with van der Waals surface area (Å²) in [7, 11) is 0. The maximum absolute atomic E-state index is 2.55. The molecule has 4 aliphatic rings. The molecule has 0 amide bonds. The first-order chi connectivity index (χ1) is 29.6. The lowest BCUT2D eigenvalue weighted by Crippen LogP contribution is -2.30. The molecule has 5 aromatic carbocycles. The molecule has 0 aromatic heterocycles. The number of hydrogen-bond acceptors (Lipinski definition) is 4. The van der Waals surface area contributed by atoms with Gasteiger partial charge in [-0.2, -0.15) is 0 Å². The topological polar surface area (TPSA) is 13.0 Å². The highest BCUT2D eigenvalue weighted by Crippen LogP contribution is 2.43. The summed E-state index contributed by atoms with van der Waals surface area (Å²) in [5, 5.41) is 0. The SMILES string of the molecule is CC1C=C(N(C2=CCCC=C2)c2ccc(N(C3=CC=C(N(c4ccccc4)c4ccccc4)CC3)C3=CC=C(N(c4ccccc4)c4ccccc4)CC3C)cc2)C=CC1. The lowest BCUT2D eigenvalue weighted by molar-refractivity contribution is 0.628. The molecule has 0 bridgehead atoms. The van der Waals surface area contributed by atoms with Gasteiger partial charge >= 0.3 is 0 Å². The van der Waals surface area contributed by atoms with Crippen LogP contribution in [0.3, 0.4) is 0 Å². The van der Waals surface area contributed by atoms with Gasteiger partial charge in [0.25, 0.3) is 0 Å². The summed E-state index contributed by atoms with van der Waals surface area (Å²) in [6.07, 6.45) is 29.4. The van der Waals surface area contributed by atoms with E-state index >= 15 is 0 Å². The molecule has 0 saturated heterocycles. The zero-order valence-electron chi connectivity index (χ0n) is 34.8. The van der Waals surface area contributed by atoms with Gasteiger partial charge in [-0.1, -0.05) is 111 Å². The van der Waals surface area contributed by atoms with E-state index in [-0.39, 0.29) is 5.92 Å². The number of benzene rings is 5. The molecule has 0 spiro atoms. The van der Waals surface area contributed by atoms with Crippen LogP contribution in [0.2, 0.25) is 0 Å². The summed E-state index contributed by atoms with van der Waals surface area (Å²) in [5.74, 6) is 0.757. The highest BCUT2D eigenvalue weighted by molar-refractivity contribution is 5.73. The zero-order chi connectivity index (χ0) is 40.7. The number of nitrogens with zero attached hydrogens (tertiary/aromatic N) is 4. The van der Waals surface area contributed by atoms with Crippen LogP contribution >= 0.6 is 0 Å². The minimum atomic E-state index is 0.254. The highest BCUT2D eigenvalue weighted by Gasteiger charge is 2.29. The van der Waals surface area contributed by atoms with E-state index in [2.05, 4.69) is 240 Å². The maximum Gasteiger partial charge on any atom is 0.0462 e. The average Bonchev–Trinajstić information content (AvgIpc) is 3.30. The second kappa shape index (κ2) is 18.0. The summed E-state index contributed by atoms with van der Waals surface area (Å²) < 4.78 is 0. The van der Waals surface area contributed by atoms with Gasteiger partial charge in [-0.05, 0) is 154 Å². The van der Waals surface area contributed by atoms with Crippen molar-refractivity contribution in [1.82, 2.24) is 0 Å². The van der Waals surface area contributed by atoms with Crippen molar-refractivity contribution in [2.75, 3.05) is 19.6 Å². The number of anilines is 6. The second-order valence-corrected chi connectivity index (χ2v) is 16.2. The Hall–Kier alpha value is -6.78. The largest absolute Gasteiger partial charge is 0.318 e. The number of rotatable bonds is 12. The normalized spacial score (nSPS) is 18.6. The standard InChI is InChI=1S/C56H54N4/c1-43-19-18-30-54(41-43)59(49-28-16-7-17-29-49)51-33-37-53(38-34-51)60(52-35-31-50(32-36-52)57(45-20-8-3-9-21-45)46-22-10-4-11-23-46)56-40-39-55(42-44(56)2)58(47-24-12-5-13-25-47)48-26-14-6-15-27-48/h3-6,8-16,18,20-31,33-35,37-41,43-44H,7,17,19,32,36,42H2,1-2H3. The molecule has 0 aliphatic heterocycles. The van der Waals surface area contributed by atoms with E-state index in [0.717, 1.165) is 38.5 Å². The smallest absolute Gasteiger partial charge is 0.0462 e. The van der Waals surface area contributed by atoms with Crippen LogP contribution in [0.1, 0.15) is 52.4 Å². The lowest BCUT2D eigenvalue weighted by Gasteiger charge is -2.39. The predicted molar refractivity (Wildman–Crippen MR) is 254 cm³/mol. The van der Waals surface area contributed by atoms with E-state index in [1.807, 2.05) is 0 Å². The fourth-order valence-electron chi connectivity index (χ4n) is 8.96. The Morgan fingerprint density at radius 2 is 0.867 bits per heavy atom. The molecular weight excluding hydrogens is 729 g/mol. The van der Waals surface area contributed by atoms with Crippen LogP contribution in [-0.2, 0) is 0 Å². The molecule has 9 rings (SSSR count). The van der Waals surface area contributed by atoms with Gasteiger partial charge in [-0.15, -0.1) is 0 Å². The summed E-state index contributed by atoms with van der Waals surface area (Å²) in [6.45, 7) is 4.69. The third kappa shape index (κ3) is 8.37. The Balaban J connectivity index is 1.13. The molecule has 4 nitrogen and oxygen atoms in total. The fourth-order valence-corrected chi connectivity index (χ4v) is 8.96. The molecule has 4 heteroatoms. The van der Waals surface area contributed by atoms with E-state index in [1.165, 1.54) is 68.3 Å². The highest BCUT2D eigenvalue weighted by atomic mass is 15.2. The Bertz CT molecular complexity index is 2430. The van der Waals surface area contributed by atoms with Gasteiger partial charge in [0.2, 0.25) is 0 Å². The van der Waals surface area contributed by atoms with E-state index in [0.29, 0.717) is 5.92 Å². The van der Waals surface area contributed by atoms with E-state index in [9.17, 15) is 0 Å². The number of allylic oxidation sites excluding steroid dienone is 14. The molecule has 0 fully saturated rings. The molecule has 0 radical (unpaired) electrons. The van der Waals surface area contributed by atoms with Crippen LogP contribution in [-0.4, -0.2) is 0 Å². The van der Waals surface area contributed by atoms with Crippen LogP contribution in [0.25, 0.3) is 0 Å². The molecule has 5 aromatic rings. The van der Waals surface area contributed by atoms with Crippen LogP contribution in [0.15, 0.2) is 241 Å². The minimum Gasteiger partial charge on any atom is -0.318 e. The fraction of sp³-hybridized carbons (Fsp3) is 0.179. The summed E-state index contributed by atoms with van der Waals surface area (Å²) >= 11 is 0. The molecule has 2 unspecified atom stereocenters. The maximum atomic E-state index is 2.55. The Labute approximate surface area is 357 Å². The first-order valence-corrected chi connectivity index (χ1v) is 21.7. The first-order valence-electron chi connectivity index (χ1n) is 21.7. The zero-order valence-corrected chi connectivity index (χ0v) is 34.8. The van der Waals surface area contributed by atoms with Crippen LogP contribution in [0.4, 0.5) is 34.1 Å². The average molecular weight is 783 g/mol. The molecule has 298 valence electrons. The van der Waals surface area contributed by atoms with Gasteiger partial charge < -0.3 is 19.6 Å². The van der Waals surface area contributed by atoms with Crippen molar-refractivity contribution in [2.45, 2.75) is 52.4 Å². The number of hydrogen-bond donors (Lipinski definition) is 0. The monoisotopic (exact) mass is 782 g/mol. The lowest BCUT2D eigenvalue weighted by atomic mass is 9.92. The third-order valence-electron chi connectivity index (χ3n) is 11.9. The Kier molecular flexibility index (Phi) is 11.6. The van der Waals surface area contributed by atoms with Gasteiger partial charge in [-0.3, -0.25) is 0 Å². The van der Waals surface area contributed by atoms with E-state index < -0.39 is 0 Å². The molecule has 4 aliphatic carbocycles. The van der Waals surface area contributed by atoms with Gasteiger partial charge in [0.1, 0.15) is 0 Å². The Morgan fingerprint density at radius 3 is 1.33 bits per heavy atom. The molecule has 2 atom stereocenters. The van der Waals surface area contributed by atoms with E-state index in [4.69, 9.17) is 0 Å². The van der Waals surface area contributed by atoms with Crippen molar-refractivity contribution < 1.29 is 0 Å². The van der Waals surface area contributed by atoms with Crippen molar-refractivity contribution in [3.05, 3.63) is 241 Å². The van der Waals surface area contributed by atoms with Gasteiger partial charge in [0.05, 0.1) is 0 Å². The molecular formula is C56H54N4. The van der Waals surface area contributed by atoms with E-state index in [1.54, 1.807) is 0 Å². The van der Waals surface area contributed by atoms with Crippen molar-refractivity contribution in [2.24, 2.45) is 11.8 Å². The summed E-state index contributed by atoms with van der Waals surface area (Å²) in [6, 6.07) is 52.3. The van der Waals surface area contributed by atoms with Crippen molar-refractivity contribution >= 4 is 34.1 Å².